The quantitative estimate of drug-likeness (QED) is 0.555. The monoisotopic (exact) mass is 171 g/mol. The highest BCUT2D eigenvalue weighted by Gasteiger charge is 2.02. The van der Waals surface area contributed by atoms with Crippen molar-refractivity contribution in [3.05, 3.63) is 0 Å². The highest BCUT2D eigenvalue weighted by molar-refractivity contribution is 5.85. The Labute approximate surface area is 73.4 Å². The van der Waals surface area contributed by atoms with Gasteiger partial charge in [0, 0.05) is 6.92 Å². The molecule has 0 unspecified atom stereocenters. The molecule has 0 N–H and O–H groups in total. The molecule has 0 saturated carbocycles. The summed E-state index contributed by atoms with van der Waals surface area (Å²) >= 11 is 0. The maximum atomic E-state index is 10.7. The van der Waals surface area contributed by atoms with Crippen LogP contribution in [0.3, 0.4) is 0 Å². The van der Waals surface area contributed by atoms with E-state index in [1.165, 1.54) is 11.8 Å². The number of nitrogens with zero attached hydrogens (tertiary/aromatic N) is 1. The van der Waals surface area contributed by atoms with Gasteiger partial charge >= 0.3 is 0 Å². The van der Waals surface area contributed by atoms with Crippen LogP contribution in [0.15, 0.2) is 0 Å². The van der Waals surface area contributed by atoms with Gasteiger partial charge < -0.3 is 4.90 Å². The fourth-order valence-electron chi connectivity index (χ4n) is 0.499. The average molecular weight is 172 g/mol. The van der Waals surface area contributed by atoms with Gasteiger partial charge in [-0.3, -0.25) is 4.79 Å². The Bertz CT molecular complexity index is 183. The van der Waals surface area contributed by atoms with E-state index in [1.54, 1.807) is 0 Å². The highest BCUT2D eigenvalue weighted by atomic mass is 35.5. The van der Waals surface area contributed by atoms with Gasteiger partial charge in [0.15, 0.2) is 0 Å². The Hall–Kier alpha value is -1.12. The van der Waals surface area contributed by atoms with Crippen LogP contribution in [0.1, 0.15) is 6.92 Å². The molecule has 60 valence electrons. The second-order valence-corrected chi connectivity index (χ2v) is 1.78. The maximum Gasteiger partial charge on any atom is 0.221 e. The molecule has 0 aliphatic rings. The molecule has 0 aliphatic carbocycles. The van der Waals surface area contributed by atoms with Gasteiger partial charge in [-0.1, -0.05) is 11.8 Å². The number of rotatable bonds is 2. The molecule has 0 fully saturated rings. The lowest BCUT2D eigenvalue weighted by atomic mass is 10.4. The van der Waals surface area contributed by atoms with E-state index in [2.05, 4.69) is 11.8 Å². The first kappa shape index (κ1) is 12.5. The lowest BCUT2D eigenvalue weighted by Gasteiger charge is -2.13. The van der Waals surface area contributed by atoms with Crippen molar-refractivity contribution in [3.8, 4) is 24.7 Å². The highest BCUT2D eigenvalue weighted by Crippen LogP contribution is 1.85. The summed E-state index contributed by atoms with van der Waals surface area (Å²) in [6, 6.07) is 0. The van der Waals surface area contributed by atoms with Crippen LogP contribution in [0.25, 0.3) is 0 Å². The van der Waals surface area contributed by atoms with Crippen LogP contribution in [-0.4, -0.2) is 23.9 Å². The van der Waals surface area contributed by atoms with Gasteiger partial charge in [-0.25, -0.2) is 0 Å². The minimum Gasteiger partial charge on any atom is -0.321 e. The first-order chi connectivity index (χ1) is 4.72. The predicted molar refractivity (Wildman–Crippen MR) is 47.2 cm³/mol. The molecule has 1 amide bonds. The largest absolute Gasteiger partial charge is 0.321 e. The van der Waals surface area contributed by atoms with Crippen molar-refractivity contribution in [2.75, 3.05) is 13.1 Å². The number of halogens is 1. The SMILES string of the molecule is C#CCN(CC#C)C(C)=O.Cl. The number of terminal acetylenes is 2. The summed E-state index contributed by atoms with van der Waals surface area (Å²) in [6.45, 7) is 2.02. The third kappa shape index (κ3) is 5.33. The van der Waals surface area contributed by atoms with E-state index in [4.69, 9.17) is 12.8 Å². The third-order valence-electron chi connectivity index (χ3n) is 1.01. The Morgan fingerprint density at radius 1 is 1.36 bits per heavy atom. The zero-order valence-electron chi connectivity index (χ0n) is 6.33. The molecule has 0 atom stereocenters. The summed E-state index contributed by atoms with van der Waals surface area (Å²) in [5.41, 5.74) is 0. The topological polar surface area (TPSA) is 20.3 Å². The van der Waals surface area contributed by atoms with Crippen molar-refractivity contribution in [2.45, 2.75) is 6.92 Å². The van der Waals surface area contributed by atoms with Crippen molar-refractivity contribution in [1.29, 1.82) is 0 Å². The van der Waals surface area contributed by atoms with Crippen LogP contribution in [0.4, 0.5) is 0 Å². The summed E-state index contributed by atoms with van der Waals surface area (Å²) in [7, 11) is 0. The van der Waals surface area contributed by atoms with Crippen LogP contribution in [-0.2, 0) is 4.79 Å². The predicted octanol–water partition coefficient (Wildman–Crippen LogP) is 0.523. The maximum absolute atomic E-state index is 10.7. The normalized spacial score (nSPS) is 6.82. The average Bonchev–Trinajstić information content (AvgIpc) is 1.87. The van der Waals surface area contributed by atoms with E-state index in [0.717, 1.165) is 0 Å². The Morgan fingerprint density at radius 3 is 1.91 bits per heavy atom. The van der Waals surface area contributed by atoms with E-state index in [-0.39, 0.29) is 18.3 Å². The van der Waals surface area contributed by atoms with Gasteiger partial charge in [-0.05, 0) is 0 Å². The molecule has 0 heterocycles. The van der Waals surface area contributed by atoms with Crippen molar-refractivity contribution in [1.82, 2.24) is 4.90 Å². The molecule has 0 bridgehead atoms. The number of carbonyl (C=O) groups is 1. The molecular formula is C8H10ClNO. The molecule has 0 radical (unpaired) electrons. The molecule has 11 heavy (non-hydrogen) atoms. The van der Waals surface area contributed by atoms with Crippen molar-refractivity contribution < 1.29 is 4.79 Å². The van der Waals surface area contributed by atoms with Gasteiger partial charge in [0.05, 0.1) is 13.1 Å². The standard InChI is InChI=1S/C8H9NO.ClH/c1-4-6-9(7-5-2)8(3)10;/h1-2H,6-7H2,3H3;1H. The molecule has 3 heteroatoms. The fourth-order valence-corrected chi connectivity index (χ4v) is 0.499. The Balaban J connectivity index is 0. The van der Waals surface area contributed by atoms with Crippen LogP contribution in [0.2, 0.25) is 0 Å². The first-order valence-corrected chi connectivity index (χ1v) is 2.84. The lowest BCUT2D eigenvalue weighted by molar-refractivity contribution is -0.127. The van der Waals surface area contributed by atoms with E-state index in [0.29, 0.717) is 13.1 Å². The second kappa shape index (κ2) is 6.99. The molecule has 2 nitrogen and oxygen atoms in total. The summed E-state index contributed by atoms with van der Waals surface area (Å²) in [5.74, 6) is 4.60. The first-order valence-electron chi connectivity index (χ1n) is 2.84. The van der Waals surface area contributed by atoms with Gasteiger partial charge in [0.2, 0.25) is 5.91 Å². The van der Waals surface area contributed by atoms with Crippen LogP contribution in [0, 0.1) is 24.7 Å². The molecule has 0 saturated heterocycles. The smallest absolute Gasteiger partial charge is 0.221 e. The Morgan fingerprint density at radius 2 is 1.73 bits per heavy atom. The molecule has 0 aromatic carbocycles. The van der Waals surface area contributed by atoms with Crippen LogP contribution < -0.4 is 0 Å². The molecule has 0 aliphatic heterocycles. The second-order valence-electron chi connectivity index (χ2n) is 1.78. The van der Waals surface area contributed by atoms with Crippen LogP contribution >= 0.6 is 12.4 Å². The van der Waals surface area contributed by atoms with E-state index in [9.17, 15) is 4.79 Å². The van der Waals surface area contributed by atoms with Gasteiger partial charge in [0.25, 0.3) is 0 Å². The fraction of sp³-hybridized carbons (Fsp3) is 0.375. The molecular weight excluding hydrogens is 162 g/mol. The molecule has 0 spiro atoms. The molecule has 0 rings (SSSR count). The molecule has 0 aromatic heterocycles. The summed E-state index contributed by atoms with van der Waals surface area (Å²) in [4.78, 5) is 12.1. The number of hydrogen-bond donors (Lipinski definition) is 0. The van der Waals surface area contributed by atoms with Crippen molar-refractivity contribution in [3.63, 3.8) is 0 Å². The van der Waals surface area contributed by atoms with Crippen molar-refractivity contribution in [2.24, 2.45) is 0 Å². The third-order valence-corrected chi connectivity index (χ3v) is 1.01. The number of amides is 1. The minimum absolute atomic E-state index is 0. The molecule has 0 aromatic rings. The van der Waals surface area contributed by atoms with Crippen LogP contribution in [0.5, 0.6) is 0 Å². The summed E-state index contributed by atoms with van der Waals surface area (Å²) in [5, 5.41) is 0. The summed E-state index contributed by atoms with van der Waals surface area (Å²) < 4.78 is 0. The van der Waals surface area contributed by atoms with Gasteiger partial charge in [-0.2, -0.15) is 0 Å². The number of carbonyl (C=O) groups excluding carboxylic acids is 1. The van der Waals surface area contributed by atoms with Crippen molar-refractivity contribution >= 4 is 18.3 Å². The Kier molecular flexibility index (Phi) is 7.98. The zero-order valence-corrected chi connectivity index (χ0v) is 7.15. The zero-order chi connectivity index (χ0) is 7.98. The summed E-state index contributed by atoms with van der Waals surface area (Å²) in [6.07, 6.45) is 9.97. The van der Waals surface area contributed by atoms with E-state index in [1.807, 2.05) is 0 Å². The van der Waals surface area contributed by atoms with Gasteiger partial charge in [-0.15, -0.1) is 25.3 Å². The van der Waals surface area contributed by atoms with E-state index < -0.39 is 0 Å². The minimum atomic E-state index is -0.0871. The van der Waals surface area contributed by atoms with E-state index >= 15 is 0 Å². The van der Waals surface area contributed by atoms with Gasteiger partial charge in [0.1, 0.15) is 0 Å². The lowest BCUT2D eigenvalue weighted by Crippen LogP contribution is -2.29. The number of hydrogen-bond acceptors (Lipinski definition) is 1.